The Morgan fingerprint density at radius 3 is 2.29 bits per heavy atom. The number of nitrogens with zero attached hydrogens (tertiary/aromatic N) is 1. The number of anilines is 1. The lowest BCUT2D eigenvalue weighted by molar-refractivity contribution is -0.123. The van der Waals surface area contributed by atoms with Crippen LogP contribution in [0.25, 0.3) is 0 Å². The molecule has 0 unspecified atom stereocenters. The Hall–Kier alpha value is -2.58. The van der Waals surface area contributed by atoms with Gasteiger partial charge in [0.25, 0.3) is 15.9 Å². The van der Waals surface area contributed by atoms with Crippen LogP contribution in [0.1, 0.15) is 12.5 Å². The van der Waals surface area contributed by atoms with E-state index in [1.165, 1.54) is 4.31 Å². The molecule has 0 saturated heterocycles. The van der Waals surface area contributed by atoms with Gasteiger partial charge in [0.15, 0.2) is 6.61 Å². The predicted octanol–water partition coefficient (Wildman–Crippen LogP) is 2.35. The smallest absolute Gasteiger partial charge is 0.264 e. The number of sulfonamides is 1. The number of hydrogen-bond acceptors (Lipinski definition) is 5. The zero-order chi connectivity index (χ0) is 20.6. The topological polar surface area (TPSA) is 84.9 Å². The molecule has 2 rings (SSSR count). The third-order valence-corrected chi connectivity index (χ3v) is 5.94. The fourth-order valence-electron chi connectivity index (χ4n) is 2.53. The Morgan fingerprint density at radius 1 is 1.07 bits per heavy atom. The van der Waals surface area contributed by atoms with E-state index in [1.807, 2.05) is 6.92 Å². The molecule has 0 aliphatic carbocycles. The van der Waals surface area contributed by atoms with Crippen LogP contribution in [0.3, 0.4) is 0 Å². The van der Waals surface area contributed by atoms with Gasteiger partial charge in [0.2, 0.25) is 0 Å². The summed E-state index contributed by atoms with van der Waals surface area (Å²) in [7, 11) is -2.10. The first-order valence-corrected chi connectivity index (χ1v) is 10.4. The van der Waals surface area contributed by atoms with Gasteiger partial charge < -0.3 is 14.8 Å². The van der Waals surface area contributed by atoms with Crippen LogP contribution >= 0.6 is 0 Å². The molecule has 1 amide bonds. The summed E-state index contributed by atoms with van der Waals surface area (Å²) in [5, 5.41) is 2.66. The summed E-state index contributed by atoms with van der Waals surface area (Å²) < 4.78 is 37.5. The molecule has 0 heterocycles. The maximum atomic E-state index is 12.9. The molecule has 0 aromatic heterocycles. The molecule has 0 bridgehead atoms. The van der Waals surface area contributed by atoms with E-state index in [0.29, 0.717) is 24.6 Å². The van der Waals surface area contributed by atoms with Gasteiger partial charge in [0.05, 0.1) is 17.2 Å². The molecule has 2 aromatic rings. The highest BCUT2D eigenvalue weighted by atomic mass is 32.2. The Bertz CT molecular complexity index is 864. The van der Waals surface area contributed by atoms with Crippen LogP contribution < -0.4 is 14.4 Å². The van der Waals surface area contributed by atoms with E-state index in [2.05, 4.69) is 5.32 Å². The Balaban J connectivity index is 2.06. The zero-order valence-corrected chi connectivity index (χ0v) is 17.2. The van der Waals surface area contributed by atoms with E-state index >= 15 is 0 Å². The van der Waals surface area contributed by atoms with Gasteiger partial charge in [-0.15, -0.1) is 0 Å². The first-order chi connectivity index (χ1) is 13.4. The summed E-state index contributed by atoms with van der Waals surface area (Å²) in [6.45, 7) is 4.70. The van der Waals surface area contributed by atoms with Crippen molar-refractivity contribution >= 4 is 21.6 Å². The Labute approximate surface area is 166 Å². The van der Waals surface area contributed by atoms with Crippen molar-refractivity contribution in [3.63, 3.8) is 0 Å². The molecule has 0 radical (unpaired) electrons. The van der Waals surface area contributed by atoms with E-state index in [-0.39, 0.29) is 24.0 Å². The molecule has 0 aliphatic heterocycles. The lowest BCUT2D eigenvalue weighted by Crippen LogP contribution is -2.31. The monoisotopic (exact) mass is 406 g/mol. The van der Waals surface area contributed by atoms with Gasteiger partial charge in [-0.2, -0.15) is 0 Å². The quantitative estimate of drug-likeness (QED) is 0.612. The maximum absolute atomic E-state index is 12.9. The minimum absolute atomic E-state index is 0.123. The molecule has 28 heavy (non-hydrogen) atoms. The van der Waals surface area contributed by atoms with Crippen molar-refractivity contribution in [3.05, 3.63) is 54.1 Å². The molecule has 1 N–H and O–H groups in total. The van der Waals surface area contributed by atoms with E-state index in [9.17, 15) is 13.2 Å². The molecule has 0 aliphatic rings. The first-order valence-electron chi connectivity index (χ1n) is 8.96. The number of rotatable bonds is 10. The van der Waals surface area contributed by atoms with Crippen LogP contribution in [0, 0.1) is 6.92 Å². The van der Waals surface area contributed by atoms with Gasteiger partial charge >= 0.3 is 0 Å². The molecule has 0 saturated carbocycles. The van der Waals surface area contributed by atoms with Gasteiger partial charge in [-0.3, -0.25) is 9.10 Å². The van der Waals surface area contributed by atoms with Gasteiger partial charge in [0.1, 0.15) is 5.75 Å². The van der Waals surface area contributed by atoms with E-state index in [0.717, 1.165) is 5.56 Å². The first kappa shape index (κ1) is 21.7. The fourth-order valence-corrected chi connectivity index (χ4v) is 4.00. The highest BCUT2D eigenvalue weighted by molar-refractivity contribution is 7.92. The number of carbonyl (C=O) groups is 1. The summed E-state index contributed by atoms with van der Waals surface area (Å²) in [5.74, 6) is 0.229. The number of methoxy groups -OCH3 is 1. The van der Waals surface area contributed by atoms with Crippen molar-refractivity contribution in [2.24, 2.45) is 0 Å². The third kappa shape index (κ3) is 5.71. The molecule has 2 aromatic carbocycles. The van der Waals surface area contributed by atoms with Crippen molar-refractivity contribution in [2.45, 2.75) is 18.7 Å². The normalized spacial score (nSPS) is 11.1. The van der Waals surface area contributed by atoms with Gasteiger partial charge in [-0.05, 0) is 50.2 Å². The number of ether oxygens (including phenoxy) is 2. The number of aryl methyl sites for hydroxylation is 1. The number of amides is 1. The zero-order valence-electron chi connectivity index (χ0n) is 16.3. The van der Waals surface area contributed by atoms with Crippen LogP contribution in [0.2, 0.25) is 0 Å². The lowest BCUT2D eigenvalue weighted by Gasteiger charge is -2.23. The summed E-state index contributed by atoms with van der Waals surface area (Å²) in [6, 6.07) is 13.4. The predicted molar refractivity (Wildman–Crippen MR) is 108 cm³/mol. The number of nitrogens with one attached hydrogen (secondary N) is 1. The van der Waals surface area contributed by atoms with Crippen molar-refractivity contribution < 1.29 is 22.7 Å². The minimum Gasteiger partial charge on any atom is -0.484 e. The number of hydrogen-bond donors (Lipinski definition) is 1. The van der Waals surface area contributed by atoms with Gasteiger partial charge in [-0.25, -0.2) is 8.42 Å². The van der Waals surface area contributed by atoms with Crippen molar-refractivity contribution in [1.82, 2.24) is 5.32 Å². The fraction of sp³-hybridized carbons (Fsp3) is 0.350. The largest absolute Gasteiger partial charge is 0.484 e. The number of carbonyl (C=O) groups excluding carboxylic acids is 1. The highest BCUT2D eigenvalue weighted by Crippen LogP contribution is 2.25. The summed E-state index contributed by atoms with van der Waals surface area (Å²) in [6.07, 6.45) is 0. The van der Waals surface area contributed by atoms with Crippen LogP contribution in [-0.4, -0.2) is 47.7 Å². The van der Waals surface area contributed by atoms with Crippen LogP contribution in [0.5, 0.6) is 5.75 Å². The Morgan fingerprint density at radius 2 is 1.71 bits per heavy atom. The lowest BCUT2D eigenvalue weighted by atomic mass is 10.2. The standard InChI is InChI=1S/C20H26N2O5S/c1-4-22(28(24,25)19-11-5-16(2)6-12-19)17-7-9-18(10-8-17)27-15-20(23)21-13-14-26-3/h5-12H,4,13-15H2,1-3H3,(H,21,23). The molecule has 152 valence electrons. The molecule has 0 atom stereocenters. The molecule has 0 fully saturated rings. The second-order valence-electron chi connectivity index (χ2n) is 6.11. The van der Waals surface area contributed by atoms with Crippen molar-refractivity contribution in [3.8, 4) is 5.75 Å². The van der Waals surface area contributed by atoms with Crippen molar-refractivity contribution in [2.75, 3.05) is 37.7 Å². The van der Waals surface area contributed by atoms with Crippen molar-refractivity contribution in [1.29, 1.82) is 0 Å². The molecule has 0 spiro atoms. The minimum atomic E-state index is -3.66. The van der Waals surface area contributed by atoms with Crippen LogP contribution in [0.4, 0.5) is 5.69 Å². The molecule has 7 nitrogen and oxygen atoms in total. The van der Waals surface area contributed by atoms with Gasteiger partial charge in [0, 0.05) is 20.2 Å². The van der Waals surface area contributed by atoms with E-state index in [1.54, 1.807) is 62.6 Å². The van der Waals surface area contributed by atoms with Gasteiger partial charge in [-0.1, -0.05) is 17.7 Å². The summed E-state index contributed by atoms with van der Waals surface area (Å²) in [4.78, 5) is 11.9. The molecular formula is C20H26N2O5S. The maximum Gasteiger partial charge on any atom is 0.264 e. The summed E-state index contributed by atoms with van der Waals surface area (Å²) >= 11 is 0. The van der Waals surface area contributed by atoms with Crippen LogP contribution in [-0.2, 0) is 19.6 Å². The highest BCUT2D eigenvalue weighted by Gasteiger charge is 2.23. The number of benzene rings is 2. The van der Waals surface area contributed by atoms with E-state index in [4.69, 9.17) is 9.47 Å². The van der Waals surface area contributed by atoms with Crippen LogP contribution in [0.15, 0.2) is 53.4 Å². The third-order valence-electron chi connectivity index (χ3n) is 4.02. The van der Waals surface area contributed by atoms with E-state index < -0.39 is 10.0 Å². The Kier molecular flexibility index (Phi) is 7.83. The average molecular weight is 407 g/mol. The second kappa shape index (κ2) is 10.1. The molecular weight excluding hydrogens is 380 g/mol. The summed E-state index contributed by atoms with van der Waals surface area (Å²) in [5.41, 5.74) is 1.52. The average Bonchev–Trinajstić information content (AvgIpc) is 2.68. The molecule has 8 heteroatoms. The SMILES string of the molecule is CCN(c1ccc(OCC(=O)NCCOC)cc1)S(=O)(=O)c1ccc(C)cc1. The second-order valence-corrected chi connectivity index (χ2v) is 7.97.